The lowest BCUT2D eigenvalue weighted by molar-refractivity contribution is -0.121. The van der Waals surface area contributed by atoms with Crippen LogP contribution in [0.5, 0.6) is 5.75 Å². The Kier molecular flexibility index (Phi) is 7.63. The second-order valence-corrected chi connectivity index (χ2v) is 6.19. The van der Waals surface area contributed by atoms with Crippen molar-refractivity contribution in [1.29, 1.82) is 0 Å². The normalized spacial score (nSPS) is 11.7. The highest BCUT2D eigenvalue weighted by molar-refractivity contribution is 6.30. The van der Waals surface area contributed by atoms with E-state index in [1.807, 2.05) is 6.92 Å². The number of benzene rings is 2. The van der Waals surface area contributed by atoms with Crippen LogP contribution in [0.25, 0.3) is 0 Å². The molecule has 0 saturated carbocycles. The number of ether oxygens (including phenoxy) is 1. The smallest absolute Gasteiger partial charge is 0.220 e. The molecule has 1 amide bonds. The van der Waals surface area contributed by atoms with Crippen LogP contribution in [0, 0.1) is 0 Å². The molecule has 1 atom stereocenters. The standard InChI is InChI=1S/C20H22ClNO4/c1-2-26-17-8-6-14(7-9-17)18(23)10-11-20(25)22-13-19(24)15-4-3-5-16(21)12-15/h3-9,12,19,24H,2,10-11,13H2,1H3,(H,22,25)/t19-/m0/s1. The number of aliphatic hydroxyl groups is 1. The zero-order valence-corrected chi connectivity index (χ0v) is 15.3. The molecule has 0 fully saturated rings. The molecule has 2 N–H and O–H groups in total. The van der Waals surface area contributed by atoms with E-state index in [-0.39, 0.29) is 31.1 Å². The monoisotopic (exact) mass is 375 g/mol. The van der Waals surface area contributed by atoms with Gasteiger partial charge in [0.2, 0.25) is 5.91 Å². The molecular formula is C20H22ClNO4. The Morgan fingerprint density at radius 1 is 1.15 bits per heavy atom. The van der Waals surface area contributed by atoms with Gasteiger partial charge in [-0.3, -0.25) is 9.59 Å². The van der Waals surface area contributed by atoms with Crippen molar-refractivity contribution in [3.05, 3.63) is 64.7 Å². The maximum atomic E-state index is 12.1. The SMILES string of the molecule is CCOc1ccc(C(=O)CCC(=O)NC[C@H](O)c2cccc(Cl)c2)cc1. The Morgan fingerprint density at radius 3 is 2.54 bits per heavy atom. The van der Waals surface area contributed by atoms with Crippen LogP contribution in [0.4, 0.5) is 0 Å². The second kappa shape index (κ2) is 9.94. The van der Waals surface area contributed by atoms with Crippen molar-refractivity contribution in [2.24, 2.45) is 0 Å². The summed E-state index contributed by atoms with van der Waals surface area (Å²) in [5.41, 5.74) is 1.17. The molecule has 0 aliphatic heterocycles. The maximum Gasteiger partial charge on any atom is 0.220 e. The van der Waals surface area contributed by atoms with Gasteiger partial charge in [0.15, 0.2) is 5.78 Å². The first kappa shape index (κ1) is 19.9. The summed E-state index contributed by atoms with van der Waals surface area (Å²) in [6, 6.07) is 13.7. The molecule has 0 aliphatic carbocycles. The van der Waals surface area contributed by atoms with Gasteiger partial charge in [-0.25, -0.2) is 0 Å². The molecule has 138 valence electrons. The fourth-order valence-corrected chi connectivity index (χ4v) is 2.60. The predicted molar refractivity (Wildman–Crippen MR) is 101 cm³/mol. The van der Waals surface area contributed by atoms with Crippen LogP contribution in [-0.2, 0) is 4.79 Å². The molecule has 0 saturated heterocycles. The summed E-state index contributed by atoms with van der Waals surface area (Å²) in [5.74, 6) is 0.306. The van der Waals surface area contributed by atoms with Crippen molar-refractivity contribution in [3.63, 3.8) is 0 Å². The summed E-state index contributed by atoms with van der Waals surface area (Å²) in [6.45, 7) is 2.52. The van der Waals surface area contributed by atoms with E-state index in [0.29, 0.717) is 28.5 Å². The van der Waals surface area contributed by atoms with Gasteiger partial charge < -0.3 is 15.2 Å². The van der Waals surface area contributed by atoms with Crippen molar-refractivity contribution < 1.29 is 19.4 Å². The average molecular weight is 376 g/mol. The van der Waals surface area contributed by atoms with Gasteiger partial charge in [-0.05, 0) is 48.9 Å². The Hall–Kier alpha value is -2.37. The van der Waals surface area contributed by atoms with Gasteiger partial charge >= 0.3 is 0 Å². The third kappa shape index (κ3) is 6.17. The molecule has 0 aliphatic rings. The van der Waals surface area contributed by atoms with Crippen molar-refractivity contribution >= 4 is 23.3 Å². The molecule has 0 radical (unpaired) electrons. The molecule has 0 aromatic heterocycles. The third-order valence-electron chi connectivity index (χ3n) is 3.79. The number of hydrogen-bond acceptors (Lipinski definition) is 4. The average Bonchev–Trinajstić information content (AvgIpc) is 2.65. The molecule has 5 nitrogen and oxygen atoms in total. The summed E-state index contributed by atoms with van der Waals surface area (Å²) >= 11 is 5.88. The molecule has 2 rings (SSSR count). The van der Waals surface area contributed by atoms with E-state index >= 15 is 0 Å². The third-order valence-corrected chi connectivity index (χ3v) is 4.03. The first-order valence-corrected chi connectivity index (χ1v) is 8.83. The van der Waals surface area contributed by atoms with Gasteiger partial charge in [0.1, 0.15) is 5.75 Å². The zero-order valence-electron chi connectivity index (χ0n) is 14.6. The lowest BCUT2D eigenvalue weighted by Gasteiger charge is -2.12. The second-order valence-electron chi connectivity index (χ2n) is 5.76. The first-order valence-electron chi connectivity index (χ1n) is 8.46. The molecule has 2 aromatic rings. The Morgan fingerprint density at radius 2 is 1.88 bits per heavy atom. The quantitative estimate of drug-likeness (QED) is 0.657. The molecule has 0 heterocycles. The minimum absolute atomic E-state index is 0.0638. The molecular weight excluding hydrogens is 354 g/mol. The van der Waals surface area contributed by atoms with Crippen LogP contribution in [0.15, 0.2) is 48.5 Å². The van der Waals surface area contributed by atoms with Gasteiger partial charge in [-0.1, -0.05) is 23.7 Å². The summed E-state index contributed by atoms with van der Waals surface area (Å²) in [7, 11) is 0. The highest BCUT2D eigenvalue weighted by Crippen LogP contribution is 2.17. The van der Waals surface area contributed by atoms with E-state index in [2.05, 4.69) is 5.32 Å². The lowest BCUT2D eigenvalue weighted by Crippen LogP contribution is -2.28. The van der Waals surface area contributed by atoms with Crippen LogP contribution in [0.1, 0.15) is 41.8 Å². The molecule has 0 spiro atoms. The first-order chi connectivity index (χ1) is 12.5. The van der Waals surface area contributed by atoms with Crippen molar-refractivity contribution in [2.75, 3.05) is 13.2 Å². The summed E-state index contributed by atoms with van der Waals surface area (Å²) < 4.78 is 5.33. The molecule has 0 unspecified atom stereocenters. The van der Waals surface area contributed by atoms with Gasteiger partial charge in [0, 0.05) is 30.0 Å². The van der Waals surface area contributed by atoms with Gasteiger partial charge in [-0.15, -0.1) is 0 Å². The number of ketones is 1. The molecule has 26 heavy (non-hydrogen) atoms. The Labute approximate surface area is 157 Å². The number of hydrogen-bond donors (Lipinski definition) is 2. The minimum Gasteiger partial charge on any atom is -0.494 e. The van der Waals surface area contributed by atoms with Crippen LogP contribution < -0.4 is 10.1 Å². The molecule has 0 bridgehead atoms. The van der Waals surface area contributed by atoms with E-state index in [4.69, 9.17) is 16.3 Å². The highest BCUT2D eigenvalue weighted by Gasteiger charge is 2.12. The number of amides is 1. The molecule has 6 heteroatoms. The Balaban J connectivity index is 1.76. The topological polar surface area (TPSA) is 75.6 Å². The fourth-order valence-electron chi connectivity index (χ4n) is 2.41. The summed E-state index contributed by atoms with van der Waals surface area (Å²) in [6.07, 6.45) is -0.680. The number of carbonyl (C=O) groups excluding carboxylic acids is 2. The van der Waals surface area contributed by atoms with Crippen LogP contribution in [0.2, 0.25) is 5.02 Å². The highest BCUT2D eigenvalue weighted by atomic mass is 35.5. The number of halogens is 1. The largest absolute Gasteiger partial charge is 0.494 e. The number of Topliss-reactive ketones (excluding diaryl/α,β-unsaturated/α-hetero) is 1. The summed E-state index contributed by atoms with van der Waals surface area (Å²) in [5, 5.41) is 13.2. The van der Waals surface area contributed by atoms with Gasteiger partial charge in [0.05, 0.1) is 12.7 Å². The number of nitrogens with one attached hydrogen (secondary N) is 1. The van der Waals surface area contributed by atoms with Crippen molar-refractivity contribution in [1.82, 2.24) is 5.32 Å². The predicted octanol–water partition coefficient (Wildman–Crippen LogP) is 3.55. The van der Waals surface area contributed by atoms with E-state index < -0.39 is 6.10 Å². The summed E-state index contributed by atoms with van der Waals surface area (Å²) in [4.78, 5) is 24.0. The van der Waals surface area contributed by atoms with Crippen molar-refractivity contribution in [2.45, 2.75) is 25.9 Å². The van der Waals surface area contributed by atoms with Crippen LogP contribution >= 0.6 is 11.6 Å². The molecule has 2 aromatic carbocycles. The van der Waals surface area contributed by atoms with Crippen LogP contribution in [-0.4, -0.2) is 29.9 Å². The van der Waals surface area contributed by atoms with E-state index in [1.165, 1.54) is 0 Å². The van der Waals surface area contributed by atoms with E-state index in [1.54, 1.807) is 48.5 Å². The minimum atomic E-state index is -0.848. The number of carbonyl (C=O) groups is 2. The van der Waals surface area contributed by atoms with Crippen LogP contribution in [0.3, 0.4) is 0 Å². The zero-order chi connectivity index (χ0) is 18.9. The van der Waals surface area contributed by atoms with Crippen molar-refractivity contribution in [3.8, 4) is 5.75 Å². The Bertz CT molecular complexity index is 746. The maximum absolute atomic E-state index is 12.1. The van der Waals surface area contributed by atoms with Gasteiger partial charge in [-0.2, -0.15) is 0 Å². The lowest BCUT2D eigenvalue weighted by atomic mass is 10.1. The number of rotatable bonds is 9. The fraction of sp³-hybridized carbons (Fsp3) is 0.300. The number of aliphatic hydroxyl groups excluding tert-OH is 1. The van der Waals surface area contributed by atoms with Gasteiger partial charge in [0.25, 0.3) is 0 Å². The van der Waals surface area contributed by atoms with E-state index in [0.717, 1.165) is 0 Å². The van der Waals surface area contributed by atoms with E-state index in [9.17, 15) is 14.7 Å².